The van der Waals surface area contributed by atoms with Gasteiger partial charge in [-0.15, -0.1) is 0 Å². The van der Waals surface area contributed by atoms with E-state index in [0.29, 0.717) is 24.9 Å². The number of hydrogen-bond donors (Lipinski definition) is 0. The summed E-state index contributed by atoms with van der Waals surface area (Å²) < 4.78 is 11.6. The van der Waals surface area contributed by atoms with Crippen LogP contribution in [0.3, 0.4) is 0 Å². The molecule has 4 heteroatoms. The first-order valence-corrected chi connectivity index (χ1v) is 7.99. The number of allylic oxidation sites excluding steroid dienone is 2. The molecule has 0 N–H and O–H groups in total. The quantitative estimate of drug-likeness (QED) is 0.740. The summed E-state index contributed by atoms with van der Waals surface area (Å²) in [6.07, 6.45) is 9.61. The van der Waals surface area contributed by atoms with E-state index in [4.69, 9.17) is 9.47 Å². The molecule has 1 unspecified atom stereocenters. The second kappa shape index (κ2) is 6.27. The summed E-state index contributed by atoms with van der Waals surface area (Å²) in [6, 6.07) is 0.234. The number of hydrogen-bond acceptors (Lipinski definition) is 3. The molecule has 4 nitrogen and oxygen atoms in total. The zero-order valence-corrected chi connectivity index (χ0v) is 12.3. The van der Waals surface area contributed by atoms with E-state index in [-0.39, 0.29) is 18.2 Å². The molecule has 0 aromatic heterocycles. The molecule has 1 aliphatic heterocycles. The van der Waals surface area contributed by atoms with E-state index in [1.165, 1.54) is 0 Å². The van der Waals surface area contributed by atoms with E-state index in [0.717, 1.165) is 38.8 Å². The summed E-state index contributed by atoms with van der Waals surface area (Å²) in [6.45, 7) is 4.13. The molecular formula is C16H25NO3. The predicted molar refractivity (Wildman–Crippen MR) is 76.4 cm³/mol. The van der Waals surface area contributed by atoms with Crippen LogP contribution in [-0.4, -0.2) is 48.8 Å². The van der Waals surface area contributed by atoms with Crippen molar-refractivity contribution in [1.82, 2.24) is 4.90 Å². The van der Waals surface area contributed by atoms with E-state index in [2.05, 4.69) is 17.1 Å². The maximum atomic E-state index is 12.6. The molecular weight excluding hydrogens is 254 g/mol. The number of amides is 1. The van der Waals surface area contributed by atoms with E-state index in [9.17, 15) is 4.79 Å². The summed E-state index contributed by atoms with van der Waals surface area (Å²) >= 11 is 0. The van der Waals surface area contributed by atoms with Crippen LogP contribution in [0.5, 0.6) is 0 Å². The fraction of sp³-hybridized carbons (Fsp3) is 0.812. The molecule has 2 aliphatic carbocycles. The number of carbonyl (C=O) groups is 1. The van der Waals surface area contributed by atoms with Crippen molar-refractivity contribution in [3.8, 4) is 0 Å². The third-order valence-electron chi connectivity index (χ3n) is 4.79. The molecule has 0 radical (unpaired) electrons. The minimum atomic E-state index is 0.0896. The highest BCUT2D eigenvalue weighted by Gasteiger charge is 2.44. The highest BCUT2D eigenvalue weighted by atomic mass is 16.5. The lowest BCUT2D eigenvalue weighted by molar-refractivity contribution is -0.151. The van der Waals surface area contributed by atoms with Crippen LogP contribution < -0.4 is 0 Å². The predicted octanol–water partition coefficient (Wildman–Crippen LogP) is 2.14. The zero-order chi connectivity index (χ0) is 13.9. The minimum Gasteiger partial charge on any atom is -0.376 e. The lowest BCUT2D eigenvalue weighted by Gasteiger charge is -2.39. The van der Waals surface area contributed by atoms with Crippen molar-refractivity contribution in [3.63, 3.8) is 0 Å². The summed E-state index contributed by atoms with van der Waals surface area (Å²) in [5.41, 5.74) is 0. The number of morpholine rings is 1. The molecule has 2 fully saturated rings. The Bertz CT molecular complexity index is 382. The van der Waals surface area contributed by atoms with Crippen molar-refractivity contribution >= 4 is 5.91 Å². The van der Waals surface area contributed by atoms with Crippen LogP contribution in [0.15, 0.2) is 12.2 Å². The van der Waals surface area contributed by atoms with Crippen LogP contribution in [0, 0.1) is 5.92 Å². The SMILES string of the molecule is CCO[C@H]1CC[C@H]2[C@@H]1OCCN2C(=O)CC1C=CCC1. The van der Waals surface area contributed by atoms with Gasteiger partial charge in [-0.3, -0.25) is 4.79 Å². The summed E-state index contributed by atoms with van der Waals surface area (Å²) in [5.74, 6) is 0.755. The van der Waals surface area contributed by atoms with Gasteiger partial charge in [0.15, 0.2) is 0 Å². The third kappa shape index (κ3) is 2.77. The Morgan fingerprint density at radius 2 is 2.30 bits per heavy atom. The molecule has 0 bridgehead atoms. The number of nitrogens with zero attached hydrogens (tertiary/aromatic N) is 1. The maximum absolute atomic E-state index is 12.6. The lowest BCUT2D eigenvalue weighted by atomic mass is 10.0. The second-order valence-electron chi connectivity index (χ2n) is 6.03. The standard InChI is InChI=1S/C16H25NO3/c1-2-19-14-8-7-13-16(14)20-10-9-17(13)15(18)11-12-5-3-4-6-12/h3,5,12-14,16H,2,4,6-11H2,1H3/t12?,13-,14-,16-/m0/s1. The van der Waals surface area contributed by atoms with E-state index in [1.54, 1.807) is 0 Å². The zero-order valence-electron chi connectivity index (χ0n) is 12.3. The Labute approximate surface area is 121 Å². The Balaban J connectivity index is 1.61. The van der Waals surface area contributed by atoms with Gasteiger partial charge in [0.25, 0.3) is 0 Å². The molecule has 1 amide bonds. The average molecular weight is 279 g/mol. The molecule has 1 saturated heterocycles. The van der Waals surface area contributed by atoms with Gasteiger partial charge < -0.3 is 14.4 Å². The van der Waals surface area contributed by atoms with Crippen LogP contribution in [0.4, 0.5) is 0 Å². The van der Waals surface area contributed by atoms with Crippen molar-refractivity contribution in [1.29, 1.82) is 0 Å². The van der Waals surface area contributed by atoms with E-state index in [1.807, 2.05) is 6.92 Å². The number of ether oxygens (including phenoxy) is 2. The van der Waals surface area contributed by atoms with Gasteiger partial charge >= 0.3 is 0 Å². The summed E-state index contributed by atoms with van der Waals surface area (Å²) in [5, 5.41) is 0. The van der Waals surface area contributed by atoms with Crippen LogP contribution in [0.1, 0.15) is 39.0 Å². The van der Waals surface area contributed by atoms with E-state index < -0.39 is 0 Å². The van der Waals surface area contributed by atoms with Crippen molar-refractivity contribution in [2.24, 2.45) is 5.92 Å². The van der Waals surface area contributed by atoms with Crippen LogP contribution in [0.2, 0.25) is 0 Å². The largest absolute Gasteiger partial charge is 0.376 e. The number of rotatable bonds is 4. The molecule has 112 valence electrons. The second-order valence-corrected chi connectivity index (χ2v) is 6.03. The Morgan fingerprint density at radius 3 is 3.05 bits per heavy atom. The fourth-order valence-electron chi connectivity index (χ4n) is 3.82. The Kier molecular flexibility index (Phi) is 4.41. The summed E-state index contributed by atoms with van der Waals surface area (Å²) in [7, 11) is 0. The molecule has 3 rings (SSSR count). The topological polar surface area (TPSA) is 38.8 Å². The van der Waals surface area contributed by atoms with Crippen molar-refractivity contribution in [2.75, 3.05) is 19.8 Å². The Morgan fingerprint density at radius 1 is 1.40 bits per heavy atom. The van der Waals surface area contributed by atoms with Crippen LogP contribution in [-0.2, 0) is 14.3 Å². The molecule has 4 atom stereocenters. The first-order chi connectivity index (χ1) is 9.79. The lowest BCUT2D eigenvalue weighted by Crippen LogP contribution is -2.54. The first-order valence-electron chi connectivity index (χ1n) is 7.99. The van der Waals surface area contributed by atoms with Crippen molar-refractivity contribution in [3.05, 3.63) is 12.2 Å². The van der Waals surface area contributed by atoms with Gasteiger partial charge in [0.2, 0.25) is 5.91 Å². The van der Waals surface area contributed by atoms with Crippen molar-refractivity contribution < 1.29 is 14.3 Å². The summed E-state index contributed by atoms with van der Waals surface area (Å²) in [4.78, 5) is 14.6. The minimum absolute atomic E-state index is 0.0896. The maximum Gasteiger partial charge on any atom is 0.223 e. The van der Waals surface area contributed by atoms with Gasteiger partial charge in [0.05, 0.1) is 18.8 Å². The fourth-order valence-corrected chi connectivity index (χ4v) is 3.82. The average Bonchev–Trinajstić information content (AvgIpc) is 3.09. The van der Waals surface area contributed by atoms with Crippen LogP contribution >= 0.6 is 0 Å². The molecule has 1 heterocycles. The third-order valence-corrected chi connectivity index (χ3v) is 4.79. The number of carbonyl (C=O) groups excluding carboxylic acids is 1. The Hall–Kier alpha value is -0.870. The van der Waals surface area contributed by atoms with Gasteiger partial charge in [-0.1, -0.05) is 12.2 Å². The normalized spacial score (nSPS) is 36.4. The van der Waals surface area contributed by atoms with Gasteiger partial charge in [0.1, 0.15) is 6.10 Å². The van der Waals surface area contributed by atoms with Gasteiger partial charge in [-0.05, 0) is 38.5 Å². The molecule has 0 spiro atoms. The highest BCUT2D eigenvalue weighted by molar-refractivity contribution is 5.77. The van der Waals surface area contributed by atoms with Gasteiger partial charge in [-0.25, -0.2) is 0 Å². The van der Waals surface area contributed by atoms with Crippen molar-refractivity contribution in [2.45, 2.75) is 57.3 Å². The molecule has 1 saturated carbocycles. The molecule has 0 aromatic rings. The highest BCUT2D eigenvalue weighted by Crippen LogP contribution is 2.33. The van der Waals surface area contributed by atoms with Crippen LogP contribution in [0.25, 0.3) is 0 Å². The van der Waals surface area contributed by atoms with Gasteiger partial charge in [-0.2, -0.15) is 0 Å². The first kappa shape index (κ1) is 14.1. The molecule has 3 aliphatic rings. The monoisotopic (exact) mass is 279 g/mol. The number of fused-ring (bicyclic) bond motifs is 1. The van der Waals surface area contributed by atoms with E-state index >= 15 is 0 Å². The van der Waals surface area contributed by atoms with Gasteiger partial charge in [0, 0.05) is 19.6 Å². The molecule has 20 heavy (non-hydrogen) atoms. The molecule has 0 aromatic carbocycles. The smallest absolute Gasteiger partial charge is 0.223 e.